The van der Waals surface area contributed by atoms with E-state index in [-0.39, 0.29) is 0 Å². The van der Waals surface area contributed by atoms with Gasteiger partial charge < -0.3 is 10.3 Å². The Morgan fingerprint density at radius 2 is 2.05 bits per heavy atom. The van der Waals surface area contributed by atoms with Crippen LogP contribution in [0.4, 0.5) is 11.5 Å². The lowest BCUT2D eigenvalue weighted by atomic mass is 9.99. The van der Waals surface area contributed by atoms with E-state index in [1.165, 1.54) is 17.7 Å². The molecule has 0 spiro atoms. The van der Waals surface area contributed by atoms with Gasteiger partial charge >= 0.3 is 0 Å². The fourth-order valence-electron chi connectivity index (χ4n) is 2.69. The lowest BCUT2D eigenvalue weighted by Crippen LogP contribution is -2.19. The van der Waals surface area contributed by atoms with Crippen molar-refractivity contribution in [3.8, 4) is 0 Å². The molecule has 1 aromatic carbocycles. The molecule has 1 aliphatic rings. The van der Waals surface area contributed by atoms with Gasteiger partial charge in [0.2, 0.25) is 0 Å². The van der Waals surface area contributed by atoms with Gasteiger partial charge in [-0.1, -0.05) is 30.3 Å². The standard InChI is InChI=1S/C15H18N4/c16-18-15-10-14(6-8-17-15)19-9-7-13(11-19)12-4-2-1-3-5-12/h1-6,8,10,13H,7,9,11,16H2,(H,17,18). The van der Waals surface area contributed by atoms with Gasteiger partial charge in [0, 0.05) is 37.0 Å². The first kappa shape index (κ1) is 12.0. The van der Waals surface area contributed by atoms with Crippen LogP contribution in [0.1, 0.15) is 17.9 Å². The predicted octanol–water partition coefficient (Wildman–Crippen LogP) is 2.36. The molecule has 0 bridgehead atoms. The van der Waals surface area contributed by atoms with E-state index in [9.17, 15) is 0 Å². The number of hydrazine groups is 1. The maximum atomic E-state index is 5.40. The van der Waals surface area contributed by atoms with Crippen molar-refractivity contribution in [2.75, 3.05) is 23.4 Å². The summed E-state index contributed by atoms with van der Waals surface area (Å²) in [5.74, 6) is 6.73. The van der Waals surface area contributed by atoms with Crippen LogP contribution in [-0.4, -0.2) is 18.1 Å². The largest absolute Gasteiger partial charge is 0.371 e. The Labute approximate surface area is 113 Å². The van der Waals surface area contributed by atoms with Gasteiger partial charge in [-0.2, -0.15) is 0 Å². The van der Waals surface area contributed by atoms with E-state index < -0.39 is 0 Å². The van der Waals surface area contributed by atoms with Crippen molar-refractivity contribution in [3.63, 3.8) is 0 Å². The molecule has 19 heavy (non-hydrogen) atoms. The molecule has 98 valence electrons. The Morgan fingerprint density at radius 1 is 1.21 bits per heavy atom. The maximum absolute atomic E-state index is 5.40. The first-order valence-corrected chi connectivity index (χ1v) is 6.59. The average Bonchev–Trinajstić information content (AvgIpc) is 2.98. The molecule has 2 heterocycles. The molecule has 1 aliphatic heterocycles. The zero-order valence-electron chi connectivity index (χ0n) is 10.8. The van der Waals surface area contributed by atoms with E-state index in [0.29, 0.717) is 11.7 Å². The van der Waals surface area contributed by atoms with Crippen molar-refractivity contribution < 1.29 is 0 Å². The van der Waals surface area contributed by atoms with Crippen LogP contribution in [0.5, 0.6) is 0 Å². The number of nitrogens with one attached hydrogen (secondary N) is 1. The summed E-state index contributed by atoms with van der Waals surface area (Å²) in [6, 6.07) is 14.8. The quantitative estimate of drug-likeness (QED) is 0.652. The van der Waals surface area contributed by atoms with Crippen LogP contribution in [0.15, 0.2) is 48.7 Å². The second kappa shape index (κ2) is 5.28. The number of pyridine rings is 1. The maximum Gasteiger partial charge on any atom is 0.141 e. The molecule has 0 aliphatic carbocycles. The van der Waals surface area contributed by atoms with Crippen molar-refractivity contribution in [1.29, 1.82) is 0 Å². The highest BCUT2D eigenvalue weighted by molar-refractivity contribution is 5.54. The normalized spacial score (nSPS) is 18.6. The van der Waals surface area contributed by atoms with Crippen LogP contribution in [0, 0.1) is 0 Å². The lowest BCUT2D eigenvalue weighted by Gasteiger charge is -2.19. The molecule has 1 atom stereocenters. The average molecular weight is 254 g/mol. The summed E-state index contributed by atoms with van der Waals surface area (Å²) < 4.78 is 0. The van der Waals surface area contributed by atoms with Gasteiger partial charge in [0.15, 0.2) is 0 Å². The van der Waals surface area contributed by atoms with Crippen LogP contribution in [0.25, 0.3) is 0 Å². The van der Waals surface area contributed by atoms with Gasteiger partial charge in [0.05, 0.1) is 0 Å². The van der Waals surface area contributed by atoms with Crippen LogP contribution in [-0.2, 0) is 0 Å². The number of rotatable bonds is 3. The molecule has 2 aromatic rings. The number of benzene rings is 1. The van der Waals surface area contributed by atoms with E-state index in [0.717, 1.165) is 13.1 Å². The SMILES string of the molecule is NNc1cc(N2CCC(c3ccccc3)C2)ccn1. The van der Waals surface area contributed by atoms with Crippen molar-refractivity contribution >= 4 is 11.5 Å². The smallest absolute Gasteiger partial charge is 0.141 e. The third-order valence-corrected chi connectivity index (χ3v) is 3.72. The molecule has 1 fully saturated rings. The number of nitrogens with two attached hydrogens (primary N) is 1. The summed E-state index contributed by atoms with van der Waals surface area (Å²) in [7, 11) is 0. The molecule has 0 saturated carbocycles. The third kappa shape index (κ3) is 2.53. The fraction of sp³-hybridized carbons (Fsp3) is 0.267. The molecule has 3 rings (SSSR count). The van der Waals surface area contributed by atoms with Gasteiger partial charge in [-0.25, -0.2) is 10.8 Å². The molecule has 4 nitrogen and oxygen atoms in total. The number of hydrogen-bond acceptors (Lipinski definition) is 4. The Bertz CT molecular complexity index is 541. The topological polar surface area (TPSA) is 54.2 Å². The predicted molar refractivity (Wildman–Crippen MR) is 78.1 cm³/mol. The minimum atomic E-state index is 0.614. The van der Waals surface area contributed by atoms with E-state index in [2.05, 4.69) is 45.6 Å². The Hall–Kier alpha value is -2.07. The summed E-state index contributed by atoms with van der Waals surface area (Å²) in [5.41, 5.74) is 5.20. The summed E-state index contributed by atoms with van der Waals surface area (Å²) in [4.78, 5) is 6.53. The highest BCUT2D eigenvalue weighted by atomic mass is 15.3. The van der Waals surface area contributed by atoms with Gasteiger partial charge in [0.25, 0.3) is 0 Å². The summed E-state index contributed by atoms with van der Waals surface area (Å²) in [6.45, 7) is 2.13. The van der Waals surface area contributed by atoms with Crippen LogP contribution in [0.2, 0.25) is 0 Å². The summed E-state index contributed by atoms with van der Waals surface area (Å²) in [6.07, 6.45) is 2.98. The van der Waals surface area contributed by atoms with Gasteiger partial charge in [-0.15, -0.1) is 0 Å². The van der Waals surface area contributed by atoms with E-state index in [1.54, 1.807) is 6.20 Å². The van der Waals surface area contributed by atoms with E-state index in [1.807, 2.05) is 12.1 Å². The molecule has 3 N–H and O–H groups in total. The van der Waals surface area contributed by atoms with Crippen LogP contribution in [0.3, 0.4) is 0 Å². The first-order chi connectivity index (χ1) is 9.36. The number of nitrogen functional groups attached to an aromatic ring is 1. The highest BCUT2D eigenvalue weighted by Gasteiger charge is 2.23. The molecular formula is C15H18N4. The molecular weight excluding hydrogens is 236 g/mol. The van der Waals surface area contributed by atoms with E-state index in [4.69, 9.17) is 5.84 Å². The molecule has 4 heteroatoms. The number of aromatic nitrogens is 1. The second-order valence-electron chi connectivity index (χ2n) is 4.89. The van der Waals surface area contributed by atoms with Gasteiger partial charge in [-0.3, -0.25) is 0 Å². The molecule has 1 saturated heterocycles. The number of anilines is 2. The van der Waals surface area contributed by atoms with Crippen molar-refractivity contribution in [2.45, 2.75) is 12.3 Å². The zero-order chi connectivity index (χ0) is 13.1. The minimum absolute atomic E-state index is 0.614. The fourth-order valence-corrected chi connectivity index (χ4v) is 2.69. The second-order valence-corrected chi connectivity index (χ2v) is 4.89. The van der Waals surface area contributed by atoms with Crippen LogP contribution < -0.4 is 16.2 Å². The molecule has 1 unspecified atom stereocenters. The van der Waals surface area contributed by atoms with Gasteiger partial charge in [-0.05, 0) is 18.1 Å². The molecule has 0 amide bonds. The Morgan fingerprint density at radius 3 is 2.84 bits per heavy atom. The summed E-state index contributed by atoms with van der Waals surface area (Å²) in [5, 5.41) is 0. The minimum Gasteiger partial charge on any atom is -0.371 e. The molecule has 1 aromatic heterocycles. The van der Waals surface area contributed by atoms with Crippen molar-refractivity contribution in [2.24, 2.45) is 5.84 Å². The monoisotopic (exact) mass is 254 g/mol. The van der Waals surface area contributed by atoms with Gasteiger partial charge in [0.1, 0.15) is 5.82 Å². The van der Waals surface area contributed by atoms with Crippen molar-refractivity contribution in [3.05, 3.63) is 54.2 Å². The molecule has 0 radical (unpaired) electrons. The highest BCUT2D eigenvalue weighted by Crippen LogP contribution is 2.30. The van der Waals surface area contributed by atoms with Crippen LogP contribution >= 0.6 is 0 Å². The Kier molecular flexibility index (Phi) is 3.33. The van der Waals surface area contributed by atoms with E-state index >= 15 is 0 Å². The number of hydrogen-bond donors (Lipinski definition) is 2. The first-order valence-electron chi connectivity index (χ1n) is 6.59. The lowest BCUT2D eigenvalue weighted by molar-refractivity contribution is 0.775. The zero-order valence-corrected chi connectivity index (χ0v) is 10.8. The third-order valence-electron chi connectivity index (χ3n) is 3.72. The number of nitrogens with zero attached hydrogens (tertiary/aromatic N) is 2. The van der Waals surface area contributed by atoms with Crippen molar-refractivity contribution in [1.82, 2.24) is 4.98 Å². The summed E-state index contributed by atoms with van der Waals surface area (Å²) >= 11 is 0. The Balaban J connectivity index is 1.75.